The molecule has 6 heteroatoms. The Hall–Kier alpha value is -2.50. The summed E-state index contributed by atoms with van der Waals surface area (Å²) in [6.45, 7) is 10.00. The molecule has 6 nitrogen and oxygen atoms in total. The van der Waals surface area contributed by atoms with E-state index in [1.807, 2.05) is 25.1 Å². The van der Waals surface area contributed by atoms with Gasteiger partial charge in [0.2, 0.25) is 5.95 Å². The number of hydrogen-bond acceptors (Lipinski definition) is 6. The Morgan fingerprint density at radius 2 is 1.81 bits per heavy atom. The summed E-state index contributed by atoms with van der Waals surface area (Å²) in [6.07, 6.45) is 1.07. The third-order valence-electron chi connectivity index (χ3n) is 4.84. The van der Waals surface area contributed by atoms with Gasteiger partial charge in [-0.05, 0) is 32.4 Å². The second kappa shape index (κ2) is 8.25. The van der Waals surface area contributed by atoms with Gasteiger partial charge in [0.25, 0.3) is 0 Å². The average Bonchev–Trinajstić information content (AvgIpc) is 2.67. The molecular formula is C20H29N5O. The first kappa shape index (κ1) is 18.3. The minimum Gasteiger partial charge on any atom is -0.495 e. The smallest absolute Gasteiger partial charge is 0.227 e. The molecule has 1 saturated heterocycles. The monoisotopic (exact) mass is 355 g/mol. The molecule has 0 spiro atoms. The normalized spacial score (nSPS) is 15.7. The molecule has 0 radical (unpaired) electrons. The van der Waals surface area contributed by atoms with Crippen molar-refractivity contribution >= 4 is 17.5 Å². The number of aromatic nitrogens is 2. The Labute approximate surface area is 156 Å². The van der Waals surface area contributed by atoms with Crippen LogP contribution in [0.15, 0.2) is 30.3 Å². The van der Waals surface area contributed by atoms with Crippen molar-refractivity contribution in [2.24, 2.45) is 0 Å². The Balaban J connectivity index is 1.70. The van der Waals surface area contributed by atoms with E-state index in [-0.39, 0.29) is 0 Å². The number of ether oxygens (including phenoxy) is 1. The van der Waals surface area contributed by atoms with E-state index in [1.165, 1.54) is 0 Å². The molecule has 1 fully saturated rings. The van der Waals surface area contributed by atoms with Crippen LogP contribution in [0.2, 0.25) is 0 Å². The van der Waals surface area contributed by atoms with Gasteiger partial charge in [-0.15, -0.1) is 0 Å². The second-order valence-electron chi connectivity index (χ2n) is 6.79. The van der Waals surface area contributed by atoms with E-state index in [9.17, 15) is 0 Å². The standard InChI is InChI=1S/C20H29N5O/c1-5-15(2)21-19-14-16(3)22-20(23-19)25-12-10-24(11-13-25)17-8-6-7-9-18(17)26-4/h6-9,14-15H,5,10-13H2,1-4H3,(H,21,22,23). The molecule has 0 bridgehead atoms. The number of anilines is 3. The van der Waals surface area contributed by atoms with Gasteiger partial charge >= 0.3 is 0 Å². The lowest BCUT2D eigenvalue weighted by molar-refractivity contribution is 0.413. The van der Waals surface area contributed by atoms with Crippen molar-refractivity contribution in [1.82, 2.24) is 9.97 Å². The van der Waals surface area contributed by atoms with Gasteiger partial charge in [-0.25, -0.2) is 4.98 Å². The van der Waals surface area contributed by atoms with Gasteiger partial charge in [0.05, 0.1) is 12.8 Å². The van der Waals surface area contributed by atoms with E-state index in [4.69, 9.17) is 9.72 Å². The predicted molar refractivity (Wildman–Crippen MR) is 108 cm³/mol. The number of methoxy groups -OCH3 is 1. The molecule has 1 N–H and O–H groups in total. The molecule has 1 unspecified atom stereocenters. The number of rotatable bonds is 6. The van der Waals surface area contributed by atoms with Crippen LogP contribution in [0.3, 0.4) is 0 Å². The first-order chi connectivity index (χ1) is 12.6. The highest BCUT2D eigenvalue weighted by Gasteiger charge is 2.21. The fraction of sp³-hybridized carbons (Fsp3) is 0.500. The molecule has 0 aliphatic carbocycles. The Morgan fingerprint density at radius 3 is 2.50 bits per heavy atom. The molecule has 1 aliphatic rings. The summed E-state index contributed by atoms with van der Waals surface area (Å²) >= 11 is 0. The molecule has 1 aromatic heterocycles. The molecule has 26 heavy (non-hydrogen) atoms. The SMILES string of the molecule is CCC(C)Nc1cc(C)nc(N2CCN(c3ccccc3OC)CC2)n1. The summed E-state index contributed by atoms with van der Waals surface area (Å²) in [5.74, 6) is 2.65. The molecule has 140 valence electrons. The summed E-state index contributed by atoms with van der Waals surface area (Å²) in [5.41, 5.74) is 2.15. The van der Waals surface area contributed by atoms with Crippen LogP contribution in [0.5, 0.6) is 5.75 Å². The number of benzene rings is 1. The van der Waals surface area contributed by atoms with Crippen LogP contribution in [-0.2, 0) is 0 Å². The minimum atomic E-state index is 0.402. The highest BCUT2D eigenvalue weighted by molar-refractivity contribution is 5.59. The zero-order valence-electron chi connectivity index (χ0n) is 16.2. The first-order valence-electron chi connectivity index (χ1n) is 9.36. The third-order valence-corrected chi connectivity index (χ3v) is 4.84. The third kappa shape index (κ3) is 4.18. The van der Waals surface area contributed by atoms with Crippen molar-refractivity contribution in [1.29, 1.82) is 0 Å². The lowest BCUT2D eigenvalue weighted by Crippen LogP contribution is -2.47. The highest BCUT2D eigenvalue weighted by atomic mass is 16.5. The van der Waals surface area contributed by atoms with Gasteiger partial charge in [-0.3, -0.25) is 0 Å². The number of hydrogen-bond donors (Lipinski definition) is 1. The van der Waals surface area contributed by atoms with Gasteiger partial charge in [0.1, 0.15) is 11.6 Å². The Kier molecular flexibility index (Phi) is 5.81. The maximum atomic E-state index is 5.50. The van der Waals surface area contributed by atoms with Crippen LogP contribution >= 0.6 is 0 Å². The summed E-state index contributed by atoms with van der Waals surface area (Å²) in [5, 5.41) is 3.46. The molecular weight excluding hydrogens is 326 g/mol. The molecule has 0 saturated carbocycles. The van der Waals surface area contributed by atoms with E-state index >= 15 is 0 Å². The van der Waals surface area contributed by atoms with E-state index in [0.29, 0.717) is 6.04 Å². The van der Waals surface area contributed by atoms with Crippen molar-refractivity contribution in [2.75, 3.05) is 48.4 Å². The van der Waals surface area contributed by atoms with Crippen LogP contribution in [0.1, 0.15) is 26.0 Å². The van der Waals surface area contributed by atoms with Crippen molar-refractivity contribution in [3.8, 4) is 5.75 Å². The average molecular weight is 355 g/mol. The largest absolute Gasteiger partial charge is 0.495 e. The summed E-state index contributed by atoms with van der Waals surface area (Å²) in [7, 11) is 1.72. The van der Waals surface area contributed by atoms with Crippen LogP contribution in [-0.4, -0.2) is 49.3 Å². The molecule has 1 aromatic carbocycles. The number of nitrogens with zero attached hydrogens (tertiary/aromatic N) is 4. The van der Waals surface area contributed by atoms with Crippen LogP contribution < -0.4 is 19.9 Å². The molecule has 2 heterocycles. The van der Waals surface area contributed by atoms with Crippen molar-refractivity contribution in [2.45, 2.75) is 33.2 Å². The number of para-hydroxylation sites is 2. The lowest BCUT2D eigenvalue weighted by atomic mass is 10.2. The molecule has 1 atom stereocenters. The van der Waals surface area contributed by atoms with Crippen molar-refractivity contribution in [3.63, 3.8) is 0 Å². The van der Waals surface area contributed by atoms with E-state index in [2.05, 4.69) is 46.1 Å². The lowest BCUT2D eigenvalue weighted by Gasteiger charge is -2.36. The van der Waals surface area contributed by atoms with E-state index in [1.54, 1.807) is 7.11 Å². The topological polar surface area (TPSA) is 53.5 Å². The first-order valence-corrected chi connectivity index (χ1v) is 9.36. The number of nitrogens with one attached hydrogen (secondary N) is 1. The molecule has 3 rings (SSSR count). The number of aryl methyl sites for hydroxylation is 1. The van der Waals surface area contributed by atoms with Crippen LogP contribution in [0.25, 0.3) is 0 Å². The predicted octanol–water partition coefficient (Wildman–Crippen LogP) is 3.33. The number of piperazine rings is 1. The maximum absolute atomic E-state index is 5.50. The zero-order chi connectivity index (χ0) is 18.5. The van der Waals surface area contributed by atoms with Gasteiger partial charge in [0, 0.05) is 44.0 Å². The Morgan fingerprint density at radius 1 is 1.12 bits per heavy atom. The fourth-order valence-corrected chi connectivity index (χ4v) is 3.16. The quantitative estimate of drug-likeness (QED) is 0.858. The summed E-state index contributed by atoms with van der Waals surface area (Å²) in [6, 6.07) is 10.6. The molecule has 2 aromatic rings. The van der Waals surface area contributed by atoms with Crippen LogP contribution in [0.4, 0.5) is 17.5 Å². The van der Waals surface area contributed by atoms with Gasteiger partial charge < -0.3 is 19.9 Å². The summed E-state index contributed by atoms with van der Waals surface area (Å²) in [4.78, 5) is 14.0. The maximum Gasteiger partial charge on any atom is 0.227 e. The van der Waals surface area contributed by atoms with Crippen LogP contribution in [0, 0.1) is 6.92 Å². The van der Waals surface area contributed by atoms with E-state index in [0.717, 1.165) is 61.5 Å². The fourth-order valence-electron chi connectivity index (χ4n) is 3.16. The molecule has 1 aliphatic heterocycles. The minimum absolute atomic E-state index is 0.402. The highest BCUT2D eigenvalue weighted by Crippen LogP contribution is 2.29. The zero-order valence-corrected chi connectivity index (χ0v) is 16.2. The van der Waals surface area contributed by atoms with Gasteiger partial charge in [-0.1, -0.05) is 19.1 Å². The summed E-state index contributed by atoms with van der Waals surface area (Å²) < 4.78 is 5.50. The van der Waals surface area contributed by atoms with Crippen molar-refractivity contribution in [3.05, 3.63) is 36.0 Å². The Bertz CT molecular complexity index is 728. The second-order valence-corrected chi connectivity index (χ2v) is 6.79. The van der Waals surface area contributed by atoms with Crippen molar-refractivity contribution < 1.29 is 4.74 Å². The van der Waals surface area contributed by atoms with Gasteiger partial charge in [-0.2, -0.15) is 4.98 Å². The van der Waals surface area contributed by atoms with Gasteiger partial charge in [0.15, 0.2) is 0 Å². The van der Waals surface area contributed by atoms with E-state index < -0.39 is 0 Å². The molecule has 0 amide bonds.